The molecule has 0 spiro atoms. The van der Waals surface area contributed by atoms with E-state index in [0.717, 1.165) is 38.5 Å². The van der Waals surface area contributed by atoms with E-state index in [9.17, 15) is 4.79 Å². The molecule has 0 radical (unpaired) electrons. The highest BCUT2D eigenvalue weighted by Gasteiger charge is 1.94. The average Bonchev–Trinajstić information content (AvgIpc) is 2.38. The van der Waals surface area contributed by atoms with Gasteiger partial charge in [-0.25, -0.2) is 0 Å². The molecule has 1 nitrogen and oxygen atoms in total. The Bertz CT molecular complexity index is 256. The zero-order valence-electron chi connectivity index (χ0n) is 11.4. The Morgan fingerprint density at radius 1 is 0.722 bits per heavy atom. The van der Waals surface area contributed by atoms with Gasteiger partial charge in [0.15, 0.2) is 0 Å². The van der Waals surface area contributed by atoms with E-state index in [1.54, 1.807) is 0 Å². The van der Waals surface area contributed by atoms with Crippen molar-refractivity contribution in [3.05, 3.63) is 49.6 Å². The largest absolute Gasteiger partial charge is 0.299 e. The van der Waals surface area contributed by atoms with Crippen molar-refractivity contribution in [3.63, 3.8) is 0 Å². The topological polar surface area (TPSA) is 17.1 Å². The summed E-state index contributed by atoms with van der Waals surface area (Å²) in [4.78, 5) is 11.5. The second kappa shape index (κ2) is 13.7. The highest BCUT2D eigenvalue weighted by molar-refractivity contribution is 5.81. The number of carbonyl (C=O) groups excluding carboxylic acids is 1. The maximum absolute atomic E-state index is 11.5. The molecule has 0 unspecified atom stereocenters. The lowest BCUT2D eigenvalue weighted by Gasteiger charge is -1.93. The van der Waals surface area contributed by atoms with Crippen molar-refractivity contribution in [3.8, 4) is 0 Å². The van der Waals surface area contributed by atoms with Gasteiger partial charge in [-0.05, 0) is 38.5 Å². The SMILES string of the molecule is C=CCCCC=CCC(=O)CC=CCCCC=C. The summed E-state index contributed by atoms with van der Waals surface area (Å²) in [5.74, 6) is 0.287. The van der Waals surface area contributed by atoms with Crippen LogP contribution >= 0.6 is 0 Å². The third-order valence-corrected chi connectivity index (χ3v) is 2.58. The van der Waals surface area contributed by atoms with Crippen molar-refractivity contribution in [1.29, 1.82) is 0 Å². The fraction of sp³-hybridized carbons (Fsp3) is 0.471. The minimum atomic E-state index is 0.287. The van der Waals surface area contributed by atoms with Crippen molar-refractivity contribution in [1.82, 2.24) is 0 Å². The lowest BCUT2D eigenvalue weighted by atomic mass is 10.1. The van der Waals surface area contributed by atoms with Gasteiger partial charge in [-0.2, -0.15) is 0 Å². The third kappa shape index (κ3) is 12.7. The molecule has 0 heterocycles. The molecule has 0 amide bonds. The molecule has 0 N–H and O–H groups in total. The van der Waals surface area contributed by atoms with Crippen molar-refractivity contribution in [2.45, 2.75) is 51.4 Å². The van der Waals surface area contributed by atoms with E-state index in [-0.39, 0.29) is 5.78 Å². The van der Waals surface area contributed by atoms with Gasteiger partial charge in [0, 0.05) is 12.8 Å². The second-order valence-corrected chi connectivity index (χ2v) is 4.33. The van der Waals surface area contributed by atoms with Gasteiger partial charge in [-0.3, -0.25) is 4.79 Å². The zero-order chi connectivity index (χ0) is 13.5. The summed E-state index contributed by atoms with van der Waals surface area (Å²) in [6, 6.07) is 0. The highest BCUT2D eigenvalue weighted by Crippen LogP contribution is 2.01. The fourth-order valence-corrected chi connectivity index (χ4v) is 1.51. The number of rotatable bonds is 12. The van der Waals surface area contributed by atoms with Crippen LogP contribution in [0.5, 0.6) is 0 Å². The zero-order valence-corrected chi connectivity index (χ0v) is 11.4. The van der Waals surface area contributed by atoms with Crippen LogP contribution in [0.3, 0.4) is 0 Å². The van der Waals surface area contributed by atoms with E-state index in [1.807, 2.05) is 24.3 Å². The molecule has 1 heteroatoms. The van der Waals surface area contributed by atoms with Gasteiger partial charge in [-0.1, -0.05) is 36.5 Å². The van der Waals surface area contributed by atoms with Crippen LogP contribution in [0.15, 0.2) is 49.6 Å². The Morgan fingerprint density at radius 3 is 1.56 bits per heavy atom. The number of carbonyl (C=O) groups is 1. The maximum atomic E-state index is 11.5. The molecule has 100 valence electrons. The first-order chi connectivity index (χ1) is 8.81. The predicted molar refractivity (Wildman–Crippen MR) is 80.6 cm³/mol. The quantitative estimate of drug-likeness (QED) is 0.343. The monoisotopic (exact) mass is 246 g/mol. The minimum Gasteiger partial charge on any atom is -0.299 e. The van der Waals surface area contributed by atoms with E-state index in [4.69, 9.17) is 0 Å². The summed E-state index contributed by atoms with van der Waals surface area (Å²) >= 11 is 0. The summed E-state index contributed by atoms with van der Waals surface area (Å²) in [6.45, 7) is 7.35. The number of allylic oxidation sites excluding steroid dienone is 6. The number of hydrogen-bond donors (Lipinski definition) is 0. The summed E-state index contributed by atoms with van der Waals surface area (Å²) in [6.07, 6.45) is 19.5. The normalized spacial score (nSPS) is 11.1. The molecule has 0 saturated carbocycles. The summed E-state index contributed by atoms with van der Waals surface area (Å²) in [7, 11) is 0. The Labute approximate surface area is 112 Å². The van der Waals surface area contributed by atoms with Crippen LogP contribution in [0, 0.1) is 0 Å². The van der Waals surface area contributed by atoms with Crippen LogP contribution < -0.4 is 0 Å². The summed E-state index contributed by atoms with van der Waals surface area (Å²) < 4.78 is 0. The van der Waals surface area contributed by atoms with Crippen LogP contribution in [0.25, 0.3) is 0 Å². The maximum Gasteiger partial charge on any atom is 0.140 e. The van der Waals surface area contributed by atoms with Crippen LogP contribution in [0.2, 0.25) is 0 Å². The molecule has 0 aliphatic heterocycles. The first-order valence-corrected chi connectivity index (χ1v) is 6.84. The third-order valence-electron chi connectivity index (χ3n) is 2.58. The van der Waals surface area contributed by atoms with Crippen molar-refractivity contribution < 1.29 is 4.79 Å². The molecule has 0 aliphatic carbocycles. The molecular weight excluding hydrogens is 220 g/mol. The highest BCUT2D eigenvalue weighted by atomic mass is 16.1. The number of hydrogen-bond acceptors (Lipinski definition) is 1. The van der Waals surface area contributed by atoms with Gasteiger partial charge in [0.05, 0.1) is 0 Å². The number of unbranched alkanes of at least 4 members (excludes halogenated alkanes) is 4. The van der Waals surface area contributed by atoms with E-state index in [2.05, 4.69) is 25.3 Å². The van der Waals surface area contributed by atoms with Gasteiger partial charge in [-0.15, -0.1) is 13.2 Å². The molecule has 0 aromatic heterocycles. The number of ketones is 1. The van der Waals surface area contributed by atoms with Crippen molar-refractivity contribution in [2.75, 3.05) is 0 Å². The van der Waals surface area contributed by atoms with Gasteiger partial charge in [0.1, 0.15) is 5.78 Å². The molecule has 0 bridgehead atoms. The van der Waals surface area contributed by atoms with Crippen LogP contribution in [-0.4, -0.2) is 5.78 Å². The summed E-state index contributed by atoms with van der Waals surface area (Å²) in [5, 5.41) is 0. The van der Waals surface area contributed by atoms with Crippen LogP contribution in [-0.2, 0) is 4.79 Å². The standard InChI is InChI=1S/C17H26O/c1-3-5-7-9-11-13-15-17(18)16-14-12-10-8-6-4-2/h3-4,11-14H,1-2,5-10,15-16H2. The van der Waals surface area contributed by atoms with Crippen molar-refractivity contribution >= 4 is 5.78 Å². The Kier molecular flexibility index (Phi) is 12.7. The first-order valence-electron chi connectivity index (χ1n) is 6.84. The van der Waals surface area contributed by atoms with E-state index >= 15 is 0 Å². The molecule has 0 rings (SSSR count). The van der Waals surface area contributed by atoms with Gasteiger partial charge < -0.3 is 0 Å². The van der Waals surface area contributed by atoms with Gasteiger partial charge in [0.2, 0.25) is 0 Å². The molecule has 0 saturated heterocycles. The smallest absolute Gasteiger partial charge is 0.140 e. The molecule has 18 heavy (non-hydrogen) atoms. The second-order valence-electron chi connectivity index (χ2n) is 4.33. The molecule has 0 aromatic carbocycles. The average molecular weight is 246 g/mol. The molecule has 0 aromatic rings. The fourth-order valence-electron chi connectivity index (χ4n) is 1.51. The van der Waals surface area contributed by atoms with Crippen molar-refractivity contribution in [2.24, 2.45) is 0 Å². The molecule has 0 aliphatic rings. The Hall–Kier alpha value is -1.37. The Balaban J connectivity index is 3.46. The minimum absolute atomic E-state index is 0.287. The van der Waals surface area contributed by atoms with E-state index < -0.39 is 0 Å². The van der Waals surface area contributed by atoms with E-state index in [0.29, 0.717) is 12.8 Å². The Morgan fingerprint density at radius 2 is 1.17 bits per heavy atom. The number of Topliss-reactive ketones (excluding diaryl/α,β-unsaturated/α-hetero) is 1. The van der Waals surface area contributed by atoms with E-state index in [1.165, 1.54) is 0 Å². The molecule has 0 fully saturated rings. The summed E-state index contributed by atoms with van der Waals surface area (Å²) in [5.41, 5.74) is 0. The first kappa shape index (κ1) is 16.6. The van der Waals surface area contributed by atoms with Gasteiger partial charge in [0.25, 0.3) is 0 Å². The molecule has 0 atom stereocenters. The molecular formula is C17H26O. The lowest BCUT2D eigenvalue weighted by molar-refractivity contribution is -0.117. The van der Waals surface area contributed by atoms with Crippen LogP contribution in [0.1, 0.15) is 51.4 Å². The predicted octanol–water partition coefficient (Wildman–Crippen LogP) is 5.16. The van der Waals surface area contributed by atoms with Gasteiger partial charge >= 0.3 is 0 Å². The van der Waals surface area contributed by atoms with Crippen LogP contribution in [0.4, 0.5) is 0 Å². The lowest BCUT2D eigenvalue weighted by Crippen LogP contribution is -1.92.